The van der Waals surface area contributed by atoms with Crippen LogP contribution in [0.1, 0.15) is 24.9 Å². The smallest absolute Gasteiger partial charge is 0.253 e. The summed E-state index contributed by atoms with van der Waals surface area (Å²) in [7, 11) is 0. The van der Waals surface area contributed by atoms with Gasteiger partial charge in [0, 0.05) is 24.5 Å². The maximum absolute atomic E-state index is 15.2. The van der Waals surface area contributed by atoms with Gasteiger partial charge in [0.1, 0.15) is 11.6 Å². The van der Waals surface area contributed by atoms with Crippen molar-refractivity contribution in [1.82, 2.24) is 4.90 Å². The Morgan fingerprint density at radius 3 is 2.08 bits per heavy atom. The number of fused-ring (bicyclic) bond motifs is 3. The molecule has 0 aromatic heterocycles. The molecule has 4 aliphatic heterocycles. The first-order chi connectivity index (χ1) is 23.4. The number of anilines is 2. The molecule has 1 N–H and O–H groups in total. The molecule has 4 aromatic rings. The molecular formula is C40H37N3O5. The summed E-state index contributed by atoms with van der Waals surface area (Å²) >= 11 is 0. The van der Waals surface area contributed by atoms with Crippen molar-refractivity contribution in [2.45, 2.75) is 36.6 Å². The molecular weight excluding hydrogens is 602 g/mol. The molecule has 242 valence electrons. The highest BCUT2D eigenvalue weighted by atomic mass is 16.5. The van der Waals surface area contributed by atoms with Crippen LogP contribution < -0.4 is 9.80 Å². The third-order valence-corrected chi connectivity index (χ3v) is 10.7. The van der Waals surface area contributed by atoms with E-state index in [1.54, 1.807) is 9.80 Å². The molecule has 2 saturated heterocycles. The maximum Gasteiger partial charge on any atom is 0.253 e. The number of aliphatic hydroxyl groups excluding tert-OH is 1. The second kappa shape index (κ2) is 11.6. The molecule has 4 aromatic carbocycles. The monoisotopic (exact) mass is 639 g/mol. The van der Waals surface area contributed by atoms with Gasteiger partial charge in [0.2, 0.25) is 11.8 Å². The highest BCUT2D eigenvalue weighted by Crippen LogP contribution is 2.60. The Kier molecular flexibility index (Phi) is 7.31. The van der Waals surface area contributed by atoms with E-state index in [0.717, 1.165) is 16.5 Å². The minimum absolute atomic E-state index is 0.222. The zero-order chi connectivity index (χ0) is 33.0. The number of hydrogen-bond donors (Lipinski definition) is 1. The van der Waals surface area contributed by atoms with Gasteiger partial charge in [0.15, 0.2) is 0 Å². The van der Waals surface area contributed by atoms with Crippen LogP contribution in [-0.4, -0.2) is 64.7 Å². The van der Waals surface area contributed by atoms with Gasteiger partial charge in [-0.05, 0) is 47.0 Å². The summed E-state index contributed by atoms with van der Waals surface area (Å²) in [4.78, 5) is 50.0. The largest absolute Gasteiger partial charge is 0.394 e. The summed E-state index contributed by atoms with van der Waals surface area (Å²) in [5.41, 5.74) is -0.453. The van der Waals surface area contributed by atoms with Crippen molar-refractivity contribution in [3.05, 3.63) is 133 Å². The van der Waals surface area contributed by atoms with Gasteiger partial charge in [-0.25, -0.2) is 0 Å². The van der Waals surface area contributed by atoms with Gasteiger partial charge in [-0.2, -0.15) is 0 Å². The molecule has 2 fully saturated rings. The standard InChI is InChI=1S/C40H37N3O5/c1-2-39-21-11-23-41(30-17-7-4-8-18-30)36(45)33(39)34-37(46)43(32(26-44)28-14-5-3-6-15-28)35-38(47)42(24-12-22-40(34,35)48-39)31-20-19-27-13-9-10-16-29(27)25-31/h3-22,25,32-35,44H,2,23-24,26H2,1H3/t32-,33+,34+,35?,39-,40+/m1/s1. The first-order valence-electron chi connectivity index (χ1n) is 16.6. The van der Waals surface area contributed by atoms with E-state index >= 15 is 9.59 Å². The summed E-state index contributed by atoms with van der Waals surface area (Å²) in [5.74, 6) is -2.82. The Bertz CT molecular complexity index is 1960. The lowest BCUT2D eigenvalue weighted by molar-refractivity contribution is -0.149. The summed E-state index contributed by atoms with van der Waals surface area (Å²) in [5, 5.41) is 13.0. The molecule has 48 heavy (non-hydrogen) atoms. The zero-order valence-electron chi connectivity index (χ0n) is 26.7. The summed E-state index contributed by atoms with van der Waals surface area (Å²) < 4.78 is 7.18. The van der Waals surface area contributed by atoms with Crippen LogP contribution in [0.4, 0.5) is 11.4 Å². The van der Waals surface area contributed by atoms with Crippen LogP contribution in [0.25, 0.3) is 10.8 Å². The Hall–Kier alpha value is -5.05. The minimum Gasteiger partial charge on any atom is -0.394 e. The molecule has 0 radical (unpaired) electrons. The molecule has 6 atom stereocenters. The number of para-hydroxylation sites is 1. The number of amides is 3. The first-order valence-corrected chi connectivity index (χ1v) is 16.6. The molecule has 4 heterocycles. The van der Waals surface area contributed by atoms with Crippen molar-refractivity contribution in [2.24, 2.45) is 11.8 Å². The number of nitrogens with zero attached hydrogens (tertiary/aromatic N) is 3. The Morgan fingerprint density at radius 2 is 1.38 bits per heavy atom. The number of aliphatic hydroxyl groups is 1. The van der Waals surface area contributed by atoms with Gasteiger partial charge in [-0.1, -0.05) is 110 Å². The van der Waals surface area contributed by atoms with Crippen LogP contribution >= 0.6 is 0 Å². The lowest BCUT2D eigenvalue weighted by atomic mass is 9.73. The molecule has 8 nitrogen and oxygen atoms in total. The number of ether oxygens (including phenoxy) is 1. The summed E-state index contributed by atoms with van der Waals surface area (Å²) in [6.45, 7) is 2.14. The molecule has 3 amide bonds. The van der Waals surface area contributed by atoms with E-state index in [2.05, 4.69) is 0 Å². The van der Waals surface area contributed by atoms with E-state index < -0.39 is 41.7 Å². The fourth-order valence-corrected chi connectivity index (χ4v) is 8.48. The van der Waals surface area contributed by atoms with Crippen molar-refractivity contribution < 1.29 is 24.2 Å². The van der Waals surface area contributed by atoms with Crippen molar-refractivity contribution in [3.8, 4) is 0 Å². The Labute approximate surface area is 279 Å². The number of hydrogen-bond acceptors (Lipinski definition) is 5. The number of carbonyl (C=O) groups is 3. The van der Waals surface area contributed by atoms with Gasteiger partial charge in [-0.15, -0.1) is 0 Å². The predicted molar refractivity (Wildman–Crippen MR) is 184 cm³/mol. The van der Waals surface area contributed by atoms with Crippen molar-refractivity contribution in [3.63, 3.8) is 0 Å². The van der Waals surface area contributed by atoms with Gasteiger partial charge in [-0.3, -0.25) is 14.4 Å². The molecule has 4 aliphatic rings. The van der Waals surface area contributed by atoms with Gasteiger partial charge in [0.05, 0.1) is 30.1 Å². The van der Waals surface area contributed by atoms with Crippen LogP contribution in [0.15, 0.2) is 127 Å². The number of benzene rings is 4. The average molecular weight is 640 g/mol. The van der Waals surface area contributed by atoms with E-state index in [1.165, 1.54) is 4.90 Å². The second-order valence-corrected chi connectivity index (χ2v) is 13.0. The number of carbonyl (C=O) groups excluding carboxylic acids is 3. The van der Waals surface area contributed by atoms with Crippen molar-refractivity contribution in [1.29, 1.82) is 0 Å². The van der Waals surface area contributed by atoms with E-state index in [1.807, 2.05) is 134 Å². The first kappa shape index (κ1) is 30.3. The second-order valence-electron chi connectivity index (χ2n) is 13.0. The van der Waals surface area contributed by atoms with Gasteiger partial charge >= 0.3 is 0 Å². The normalized spacial score (nSPS) is 28.7. The number of likely N-dealkylation sites (tertiary alicyclic amines) is 1. The fourth-order valence-electron chi connectivity index (χ4n) is 8.48. The molecule has 1 spiro atoms. The Balaban J connectivity index is 1.30. The van der Waals surface area contributed by atoms with Crippen LogP contribution in [0.2, 0.25) is 0 Å². The third kappa shape index (κ3) is 4.39. The fraction of sp³-hybridized carbons (Fsp3) is 0.275. The molecule has 8 rings (SSSR count). The lowest BCUT2D eigenvalue weighted by Gasteiger charge is -2.41. The molecule has 0 saturated carbocycles. The third-order valence-electron chi connectivity index (χ3n) is 10.7. The summed E-state index contributed by atoms with van der Waals surface area (Å²) in [6.07, 6.45) is 8.06. The van der Waals surface area contributed by atoms with E-state index in [9.17, 15) is 9.90 Å². The average Bonchev–Trinajstić information content (AvgIpc) is 3.41. The van der Waals surface area contributed by atoms with Crippen LogP contribution in [0.5, 0.6) is 0 Å². The van der Waals surface area contributed by atoms with Gasteiger partial charge < -0.3 is 24.5 Å². The van der Waals surface area contributed by atoms with E-state index in [4.69, 9.17) is 4.74 Å². The topological polar surface area (TPSA) is 90.4 Å². The molecule has 0 bridgehead atoms. The van der Waals surface area contributed by atoms with E-state index in [-0.39, 0.29) is 24.3 Å². The van der Waals surface area contributed by atoms with Crippen LogP contribution in [0, 0.1) is 11.8 Å². The minimum atomic E-state index is -1.46. The van der Waals surface area contributed by atoms with E-state index in [0.29, 0.717) is 24.2 Å². The van der Waals surface area contributed by atoms with Crippen molar-refractivity contribution >= 4 is 39.9 Å². The summed E-state index contributed by atoms with van der Waals surface area (Å²) in [6, 6.07) is 30.6. The Morgan fingerprint density at radius 1 is 0.729 bits per heavy atom. The molecule has 8 heteroatoms. The quantitative estimate of drug-likeness (QED) is 0.284. The maximum atomic E-state index is 15.2. The lowest BCUT2D eigenvalue weighted by Crippen LogP contribution is -2.57. The van der Waals surface area contributed by atoms with Crippen molar-refractivity contribution in [2.75, 3.05) is 29.5 Å². The molecule has 1 unspecified atom stereocenters. The predicted octanol–water partition coefficient (Wildman–Crippen LogP) is 5.44. The van der Waals surface area contributed by atoms with Gasteiger partial charge in [0.25, 0.3) is 5.91 Å². The highest BCUT2D eigenvalue weighted by molar-refractivity contribution is 6.08. The van der Waals surface area contributed by atoms with Crippen LogP contribution in [0.3, 0.4) is 0 Å². The number of rotatable bonds is 6. The van der Waals surface area contributed by atoms with Crippen LogP contribution in [-0.2, 0) is 19.1 Å². The zero-order valence-corrected chi connectivity index (χ0v) is 26.7. The molecule has 0 aliphatic carbocycles. The highest BCUT2D eigenvalue weighted by Gasteiger charge is 2.76. The SMILES string of the molecule is CC[C@@]12C=CCN(c3ccccc3)C(=O)[C@@H]1[C@H]1C(=O)N([C@H](CO)c3ccccc3)C3C(=O)N(c4ccc5ccccc5c4)CC=C[C@@]31O2.